The summed E-state index contributed by atoms with van der Waals surface area (Å²) in [5.41, 5.74) is 1.74. The second kappa shape index (κ2) is 5.45. The lowest BCUT2D eigenvalue weighted by atomic mass is 10.0. The van der Waals surface area contributed by atoms with E-state index < -0.39 is 6.10 Å². The Morgan fingerprint density at radius 1 is 1.47 bits per heavy atom. The van der Waals surface area contributed by atoms with Crippen molar-refractivity contribution in [1.29, 1.82) is 0 Å². The van der Waals surface area contributed by atoms with Gasteiger partial charge in [-0.25, -0.2) is 0 Å². The molecule has 0 saturated heterocycles. The predicted octanol–water partition coefficient (Wildman–Crippen LogP) is 0.288. The average molecular weight is 234 g/mol. The monoisotopic (exact) mass is 234 g/mol. The van der Waals surface area contributed by atoms with Gasteiger partial charge in [0.1, 0.15) is 0 Å². The molecule has 0 fully saturated rings. The van der Waals surface area contributed by atoms with Crippen LogP contribution < -0.4 is 5.32 Å². The van der Waals surface area contributed by atoms with E-state index in [4.69, 9.17) is 9.94 Å². The summed E-state index contributed by atoms with van der Waals surface area (Å²) in [6, 6.07) is 9.60. The average Bonchev–Trinajstić information content (AvgIpc) is 2.86. The Hall–Kier alpha value is -1.88. The van der Waals surface area contributed by atoms with Gasteiger partial charge in [-0.15, -0.1) is 0 Å². The maximum atomic E-state index is 11.6. The van der Waals surface area contributed by atoms with E-state index in [9.17, 15) is 4.79 Å². The van der Waals surface area contributed by atoms with Crippen molar-refractivity contribution in [2.24, 2.45) is 5.16 Å². The standard InChI is InChI=1S/C12H14N2O3/c15-7-6-13-12(16)11-8-10(14-17-11)9-4-2-1-3-5-9/h1-5,11,15H,6-8H2,(H,13,16). The van der Waals surface area contributed by atoms with E-state index >= 15 is 0 Å². The highest BCUT2D eigenvalue weighted by Gasteiger charge is 2.28. The number of hydrogen-bond donors (Lipinski definition) is 2. The molecule has 17 heavy (non-hydrogen) atoms. The molecule has 5 nitrogen and oxygen atoms in total. The lowest BCUT2D eigenvalue weighted by molar-refractivity contribution is -0.131. The molecule has 0 saturated carbocycles. The molecule has 1 atom stereocenters. The lowest BCUT2D eigenvalue weighted by Gasteiger charge is -2.07. The van der Waals surface area contributed by atoms with Crippen LogP contribution in [-0.2, 0) is 9.63 Å². The Morgan fingerprint density at radius 3 is 2.94 bits per heavy atom. The molecular formula is C12H14N2O3. The Kier molecular flexibility index (Phi) is 3.72. The van der Waals surface area contributed by atoms with Gasteiger partial charge < -0.3 is 15.3 Å². The minimum absolute atomic E-state index is 0.0785. The summed E-state index contributed by atoms with van der Waals surface area (Å²) in [5, 5.41) is 15.1. The molecule has 5 heteroatoms. The summed E-state index contributed by atoms with van der Waals surface area (Å²) in [5.74, 6) is -0.242. The van der Waals surface area contributed by atoms with Crippen LogP contribution in [0.15, 0.2) is 35.5 Å². The van der Waals surface area contributed by atoms with Crippen LogP contribution in [0.4, 0.5) is 0 Å². The summed E-state index contributed by atoms with van der Waals surface area (Å²) in [6.07, 6.45) is -0.127. The van der Waals surface area contributed by atoms with Crippen LogP contribution in [0.1, 0.15) is 12.0 Å². The van der Waals surface area contributed by atoms with Gasteiger partial charge in [-0.3, -0.25) is 4.79 Å². The summed E-state index contributed by atoms with van der Waals surface area (Å²) in [7, 11) is 0. The molecule has 0 aromatic heterocycles. The zero-order chi connectivity index (χ0) is 12.1. The van der Waals surface area contributed by atoms with Crippen molar-refractivity contribution in [1.82, 2.24) is 5.32 Å². The summed E-state index contributed by atoms with van der Waals surface area (Å²) >= 11 is 0. The normalized spacial score (nSPS) is 18.4. The first-order chi connectivity index (χ1) is 8.31. The van der Waals surface area contributed by atoms with Crippen molar-refractivity contribution in [3.05, 3.63) is 35.9 Å². The van der Waals surface area contributed by atoms with Crippen LogP contribution in [0.3, 0.4) is 0 Å². The molecule has 2 rings (SSSR count). The van der Waals surface area contributed by atoms with Crippen LogP contribution in [0.5, 0.6) is 0 Å². The molecule has 1 heterocycles. The maximum Gasteiger partial charge on any atom is 0.264 e. The van der Waals surface area contributed by atoms with E-state index in [1.54, 1.807) is 0 Å². The van der Waals surface area contributed by atoms with E-state index in [1.165, 1.54) is 0 Å². The molecule has 1 amide bonds. The molecule has 1 aliphatic heterocycles. The van der Waals surface area contributed by atoms with Gasteiger partial charge in [0.05, 0.1) is 12.3 Å². The Balaban J connectivity index is 1.93. The zero-order valence-electron chi connectivity index (χ0n) is 9.30. The minimum atomic E-state index is -0.586. The summed E-state index contributed by atoms with van der Waals surface area (Å²) in [6.45, 7) is 0.157. The molecular weight excluding hydrogens is 220 g/mol. The largest absolute Gasteiger partial charge is 0.395 e. The topological polar surface area (TPSA) is 70.9 Å². The van der Waals surface area contributed by atoms with Crippen LogP contribution in [0.2, 0.25) is 0 Å². The summed E-state index contributed by atoms with van der Waals surface area (Å²) < 4.78 is 0. The third-order valence-electron chi connectivity index (χ3n) is 2.48. The van der Waals surface area contributed by atoms with E-state index in [0.29, 0.717) is 6.42 Å². The maximum absolute atomic E-state index is 11.6. The van der Waals surface area contributed by atoms with Gasteiger partial charge >= 0.3 is 0 Å². The molecule has 1 aromatic carbocycles. The van der Waals surface area contributed by atoms with Crippen molar-refractivity contribution in [3.8, 4) is 0 Å². The molecule has 0 aliphatic carbocycles. The van der Waals surface area contributed by atoms with Crippen LogP contribution >= 0.6 is 0 Å². The van der Waals surface area contributed by atoms with Gasteiger partial charge in [-0.2, -0.15) is 0 Å². The number of nitrogens with zero attached hydrogens (tertiary/aromatic N) is 1. The number of aliphatic hydroxyl groups excluding tert-OH is 1. The van der Waals surface area contributed by atoms with Crippen LogP contribution in [0, 0.1) is 0 Å². The van der Waals surface area contributed by atoms with Crippen molar-refractivity contribution in [2.45, 2.75) is 12.5 Å². The first-order valence-corrected chi connectivity index (χ1v) is 5.48. The third kappa shape index (κ3) is 2.82. The molecule has 0 radical (unpaired) electrons. The second-order valence-corrected chi connectivity index (χ2v) is 3.72. The SMILES string of the molecule is O=C(NCCO)C1CC(c2ccccc2)=NO1. The number of benzene rings is 1. The highest BCUT2D eigenvalue weighted by molar-refractivity contribution is 6.04. The highest BCUT2D eigenvalue weighted by atomic mass is 16.6. The third-order valence-corrected chi connectivity index (χ3v) is 2.48. The molecule has 0 spiro atoms. The fraction of sp³-hybridized carbons (Fsp3) is 0.333. The molecule has 90 valence electrons. The van der Waals surface area contributed by atoms with Gasteiger partial charge in [0.15, 0.2) is 0 Å². The Morgan fingerprint density at radius 2 is 2.24 bits per heavy atom. The second-order valence-electron chi connectivity index (χ2n) is 3.72. The van der Waals surface area contributed by atoms with E-state index in [2.05, 4.69) is 10.5 Å². The van der Waals surface area contributed by atoms with Gasteiger partial charge in [-0.1, -0.05) is 35.5 Å². The quantitative estimate of drug-likeness (QED) is 0.786. The van der Waals surface area contributed by atoms with Gasteiger partial charge in [-0.05, 0) is 5.56 Å². The number of hydrogen-bond acceptors (Lipinski definition) is 4. The van der Waals surface area contributed by atoms with Crippen molar-refractivity contribution in [2.75, 3.05) is 13.2 Å². The molecule has 0 bridgehead atoms. The van der Waals surface area contributed by atoms with Gasteiger partial charge in [0, 0.05) is 13.0 Å². The van der Waals surface area contributed by atoms with E-state index in [0.717, 1.165) is 11.3 Å². The van der Waals surface area contributed by atoms with Gasteiger partial charge in [0.25, 0.3) is 5.91 Å². The Bertz CT molecular complexity index is 417. The van der Waals surface area contributed by atoms with Crippen molar-refractivity contribution >= 4 is 11.6 Å². The first-order valence-electron chi connectivity index (χ1n) is 5.48. The fourth-order valence-corrected chi connectivity index (χ4v) is 1.61. The molecule has 1 aromatic rings. The number of nitrogens with one attached hydrogen (secondary N) is 1. The van der Waals surface area contributed by atoms with Crippen LogP contribution in [-0.4, -0.2) is 36.0 Å². The molecule has 1 unspecified atom stereocenters. The van der Waals surface area contributed by atoms with Crippen LogP contribution in [0.25, 0.3) is 0 Å². The highest BCUT2D eigenvalue weighted by Crippen LogP contribution is 2.16. The van der Waals surface area contributed by atoms with E-state index in [1.807, 2.05) is 30.3 Å². The number of carbonyl (C=O) groups excluding carboxylic acids is 1. The summed E-state index contributed by atoms with van der Waals surface area (Å²) in [4.78, 5) is 16.6. The number of carbonyl (C=O) groups is 1. The Labute approximate surface area is 99.1 Å². The first kappa shape index (κ1) is 11.6. The smallest absolute Gasteiger partial charge is 0.264 e. The number of amides is 1. The number of aliphatic hydroxyl groups is 1. The minimum Gasteiger partial charge on any atom is -0.395 e. The van der Waals surface area contributed by atoms with Crippen molar-refractivity contribution in [3.63, 3.8) is 0 Å². The van der Waals surface area contributed by atoms with Gasteiger partial charge in [0.2, 0.25) is 6.10 Å². The number of oxime groups is 1. The predicted molar refractivity (Wildman–Crippen MR) is 62.6 cm³/mol. The number of rotatable bonds is 4. The van der Waals surface area contributed by atoms with Crippen molar-refractivity contribution < 1.29 is 14.7 Å². The fourth-order valence-electron chi connectivity index (χ4n) is 1.61. The zero-order valence-corrected chi connectivity index (χ0v) is 9.30. The lowest BCUT2D eigenvalue weighted by Crippen LogP contribution is -2.36. The van der Waals surface area contributed by atoms with E-state index in [-0.39, 0.29) is 19.1 Å². The molecule has 1 aliphatic rings. The molecule has 2 N–H and O–H groups in total.